The smallest absolute Gasteiger partial charge is 0.167 e. The van der Waals surface area contributed by atoms with Gasteiger partial charge < -0.3 is 0 Å². The van der Waals surface area contributed by atoms with E-state index in [1.54, 1.807) is 0 Å². The van der Waals surface area contributed by atoms with Crippen LogP contribution < -0.4 is 4.57 Å². The van der Waals surface area contributed by atoms with Gasteiger partial charge in [-0.15, -0.1) is 0 Å². The van der Waals surface area contributed by atoms with Gasteiger partial charge in [0.25, 0.3) is 0 Å². The van der Waals surface area contributed by atoms with Crippen LogP contribution in [-0.2, 0) is 20.1 Å². The topological polar surface area (TPSA) is 3.88 Å². The van der Waals surface area contributed by atoms with Gasteiger partial charge in [0.15, 0.2) is 12.4 Å². The van der Waals surface area contributed by atoms with Crippen LogP contribution in [0.25, 0.3) is 16.8 Å². The van der Waals surface area contributed by atoms with Gasteiger partial charge in [0, 0.05) is 38.3 Å². The Morgan fingerprint density at radius 2 is 1.35 bits per heavy atom. The first-order valence-electron chi connectivity index (χ1n) is 6.47. The minimum Gasteiger partial charge on any atom is -0.167 e. The standard InChI is InChI=1S/C18H16N.Ir/c1-15-9-11-16(12-10-15)17-7-3-4-8-18(17)19-13-5-2-6-14-19;/h2-14H,1H3;/q+1;. The average molecular weight is 439 g/mol. The van der Waals surface area contributed by atoms with Crippen LogP contribution in [0.5, 0.6) is 0 Å². The third-order valence-corrected chi connectivity index (χ3v) is 3.26. The molecule has 2 heteroatoms. The molecule has 0 N–H and O–H groups in total. The molecule has 1 aromatic heterocycles. The first-order valence-corrected chi connectivity index (χ1v) is 6.47. The predicted molar refractivity (Wildman–Crippen MR) is 78.1 cm³/mol. The Morgan fingerprint density at radius 1 is 0.700 bits per heavy atom. The molecular formula is C18H16IrN+. The van der Waals surface area contributed by atoms with Crippen LogP contribution >= 0.6 is 0 Å². The van der Waals surface area contributed by atoms with Gasteiger partial charge in [-0.2, -0.15) is 4.57 Å². The molecule has 0 atom stereocenters. The van der Waals surface area contributed by atoms with Crippen molar-refractivity contribution in [2.75, 3.05) is 0 Å². The van der Waals surface area contributed by atoms with Gasteiger partial charge in [-0.3, -0.25) is 0 Å². The minimum absolute atomic E-state index is 0. The Balaban J connectivity index is 0.00000147. The summed E-state index contributed by atoms with van der Waals surface area (Å²) in [5, 5.41) is 0. The molecule has 0 fully saturated rings. The number of rotatable bonds is 2. The normalized spacial score (nSPS) is 9.85. The maximum absolute atomic E-state index is 2.18. The summed E-state index contributed by atoms with van der Waals surface area (Å²) in [6.45, 7) is 2.11. The monoisotopic (exact) mass is 439 g/mol. The summed E-state index contributed by atoms with van der Waals surface area (Å²) in [5.41, 5.74) is 4.98. The zero-order valence-electron chi connectivity index (χ0n) is 11.3. The van der Waals surface area contributed by atoms with Gasteiger partial charge in [-0.25, -0.2) is 0 Å². The number of pyridine rings is 1. The van der Waals surface area contributed by atoms with Crippen LogP contribution in [0, 0.1) is 6.92 Å². The van der Waals surface area contributed by atoms with E-state index in [0.29, 0.717) is 0 Å². The van der Waals surface area contributed by atoms with Crippen molar-refractivity contribution in [2.45, 2.75) is 6.92 Å². The van der Waals surface area contributed by atoms with Crippen molar-refractivity contribution in [1.82, 2.24) is 0 Å². The van der Waals surface area contributed by atoms with Crippen LogP contribution in [0.2, 0.25) is 0 Å². The molecule has 1 radical (unpaired) electrons. The summed E-state index contributed by atoms with van der Waals surface area (Å²) in [7, 11) is 0. The Bertz CT molecular complexity index is 675. The molecule has 0 amide bonds. The summed E-state index contributed by atoms with van der Waals surface area (Å²) in [6.07, 6.45) is 4.15. The molecule has 0 spiro atoms. The third kappa shape index (κ3) is 3.04. The quantitative estimate of drug-likeness (QED) is 0.534. The number of aryl methyl sites for hydroxylation is 1. The second-order valence-corrected chi connectivity index (χ2v) is 4.67. The summed E-state index contributed by atoms with van der Waals surface area (Å²) >= 11 is 0. The van der Waals surface area contributed by atoms with Crippen molar-refractivity contribution in [3.05, 3.63) is 84.7 Å². The molecule has 20 heavy (non-hydrogen) atoms. The maximum Gasteiger partial charge on any atom is 0.218 e. The van der Waals surface area contributed by atoms with E-state index in [0.717, 1.165) is 0 Å². The maximum atomic E-state index is 2.18. The fourth-order valence-corrected chi connectivity index (χ4v) is 2.24. The Hall–Kier alpha value is -1.76. The molecule has 101 valence electrons. The Kier molecular flexibility index (Phi) is 4.83. The Labute approximate surface area is 133 Å². The summed E-state index contributed by atoms with van der Waals surface area (Å²) in [4.78, 5) is 0. The molecule has 0 bridgehead atoms. The van der Waals surface area contributed by atoms with E-state index in [9.17, 15) is 0 Å². The summed E-state index contributed by atoms with van der Waals surface area (Å²) in [6, 6.07) is 23.3. The van der Waals surface area contributed by atoms with Crippen LogP contribution in [0.1, 0.15) is 5.56 Å². The van der Waals surface area contributed by atoms with Gasteiger partial charge >= 0.3 is 0 Å². The number of benzene rings is 2. The molecule has 1 nitrogen and oxygen atoms in total. The van der Waals surface area contributed by atoms with Crippen molar-refractivity contribution < 1.29 is 24.7 Å². The van der Waals surface area contributed by atoms with E-state index in [1.165, 1.54) is 22.4 Å². The molecule has 0 aliphatic carbocycles. The zero-order valence-corrected chi connectivity index (χ0v) is 13.7. The summed E-state index contributed by atoms with van der Waals surface area (Å²) < 4.78 is 2.15. The largest absolute Gasteiger partial charge is 0.218 e. The van der Waals surface area contributed by atoms with Crippen molar-refractivity contribution in [3.8, 4) is 16.8 Å². The molecule has 2 aromatic carbocycles. The SMILES string of the molecule is Cc1ccc(-c2ccccc2-[n+]2ccccc2)cc1.[Ir]. The zero-order chi connectivity index (χ0) is 13.1. The van der Waals surface area contributed by atoms with Gasteiger partial charge in [0.2, 0.25) is 5.69 Å². The molecule has 3 rings (SSSR count). The fourth-order valence-electron chi connectivity index (χ4n) is 2.24. The number of aromatic nitrogens is 1. The van der Waals surface area contributed by atoms with Crippen LogP contribution in [0.3, 0.4) is 0 Å². The first kappa shape index (κ1) is 14.6. The molecule has 3 aromatic rings. The van der Waals surface area contributed by atoms with E-state index in [1.807, 2.05) is 18.2 Å². The van der Waals surface area contributed by atoms with E-state index in [2.05, 4.69) is 72.4 Å². The van der Waals surface area contributed by atoms with Crippen LogP contribution in [0.4, 0.5) is 0 Å². The number of hydrogen-bond acceptors (Lipinski definition) is 0. The molecule has 0 unspecified atom stereocenters. The van der Waals surface area contributed by atoms with Crippen molar-refractivity contribution in [1.29, 1.82) is 0 Å². The molecule has 0 saturated carbocycles. The van der Waals surface area contributed by atoms with Crippen molar-refractivity contribution in [2.24, 2.45) is 0 Å². The molecule has 0 aliphatic rings. The van der Waals surface area contributed by atoms with Gasteiger partial charge in [0.1, 0.15) is 0 Å². The fraction of sp³-hybridized carbons (Fsp3) is 0.0556. The predicted octanol–water partition coefficient (Wildman–Crippen LogP) is 3.94. The minimum atomic E-state index is 0. The van der Waals surface area contributed by atoms with Crippen molar-refractivity contribution in [3.63, 3.8) is 0 Å². The Morgan fingerprint density at radius 3 is 2.05 bits per heavy atom. The molecule has 0 aliphatic heterocycles. The van der Waals surface area contributed by atoms with Gasteiger partial charge in [0.05, 0.1) is 5.56 Å². The van der Waals surface area contributed by atoms with E-state index >= 15 is 0 Å². The molecule has 1 heterocycles. The van der Waals surface area contributed by atoms with Gasteiger partial charge in [-0.1, -0.05) is 48.0 Å². The van der Waals surface area contributed by atoms with E-state index in [4.69, 9.17) is 0 Å². The molecular weight excluding hydrogens is 422 g/mol. The van der Waals surface area contributed by atoms with Gasteiger partial charge in [-0.05, 0) is 18.6 Å². The van der Waals surface area contributed by atoms with Crippen LogP contribution in [-0.4, -0.2) is 0 Å². The third-order valence-electron chi connectivity index (χ3n) is 3.26. The average Bonchev–Trinajstić information content (AvgIpc) is 2.49. The van der Waals surface area contributed by atoms with E-state index in [-0.39, 0.29) is 20.1 Å². The number of nitrogens with zero attached hydrogens (tertiary/aromatic N) is 1. The summed E-state index contributed by atoms with van der Waals surface area (Å²) in [5.74, 6) is 0. The molecule has 0 saturated heterocycles. The number of para-hydroxylation sites is 1. The number of hydrogen-bond donors (Lipinski definition) is 0. The first-order chi connectivity index (χ1) is 9.34. The second kappa shape index (κ2) is 6.60. The van der Waals surface area contributed by atoms with Crippen molar-refractivity contribution >= 4 is 0 Å². The second-order valence-electron chi connectivity index (χ2n) is 4.67. The van der Waals surface area contributed by atoms with E-state index < -0.39 is 0 Å². The van der Waals surface area contributed by atoms with Crippen LogP contribution in [0.15, 0.2) is 79.1 Å².